The molecule has 0 radical (unpaired) electrons. The van der Waals surface area contributed by atoms with Gasteiger partial charge in [-0.25, -0.2) is 0 Å². The van der Waals surface area contributed by atoms with Crippen LogP contribution in [0.2, 0.25) is 0 Å². The van der Waals surface area contributed by atoms with Crippen molar-refractivity contribution in [2.45, 2.75) is 32.0 Å². The predicted molar refractivity (Wildman–Crippen MR) is 77.1 cm³/mol. The zero-order chi connectivity index (χ0) is 15.2. The largest absolute Gasteiger partial charge is 0.481 e. The molecule has 0 spiro atoms. The molecule has 0 atom stereocenters. The Kier molecular flexibility index (Phi) is 6.22. The van der Waals surface area contributed by atoms with Crippen LogP contribution in [0.25, 0.3) is 0 Å². The fourth-order valence-corrected chi connectivity index (χ4v) is 2.39. The van der Waals surface area contributed by atoms with Crippen LogP contribution in [-0.2, 0) is 16.1 Å². The number of hydrogen-bond acceptors (Lipinski definition) is 5. The van der Waals surface area contributed by atoms with Crippen LogP contribution in [0, 0.1) is 5.41 Å². The number of aromatic nitrogens is 2. The van der Waals surface area contributed by atoms with E-state index in [1.807, 2.05) is 4.57 Å². The fraction of sp³-hybridized carbons (Fsp3) is 0.615. The molecule has 0 fully saturated rings. The minimum atomic E-state index is -0.932. The molecule has 0 bridgehead atoms. The highest BCUT2D eigenvalue weighted by Crippen LogP contribution is 2.25. The Morgan fingerprint density at radius 2 is 2.25 bits per heavy atom. The maximum Gasteiger partial charge on any atom is 0.313 e. The number of carbonyl (C=O) groups is 1. The number of ether oxygens (including phenoxy) is 1. The van der Waals surface area contributed by atoms with Crippen molar-refractivity contribution in [1.82, 2.24) is 9.55 Å². The topological polar surface area (TPSA) is 81.4 Å². The Morgan fingerprint density at radius 1 is 1.55 bits per heavy atom. The molecule has 0 unspecified atom stereocenters. The number of aliphatic carboxylic acids is 1. The highest BCUT2D eigenvalue weighted by Gasteiger charge is 2.20. The smallest absolute Gasteiger partial charge is 0.313 e. The van der Waals surface area contributed by atoms with Crippen molar-refractivity contribution in [3.05, 3.63) is 22.6 Å². The van der Waals surface area contributed by atoms with Gasteiger partial charge in [-0.05, 0) is 11.8 Å². The van der Waals surface area contributed by atoms with Crippen molar-refractivity contribution in [2.75, 3.05) is 19.5 Å². The molecule has 0 aliphatic carbocycles. The van der Waals surface area contributed by atoms with Crippen LogP contribution < -0.4 is 5.56 Å². The molecule has 1 aromatic heterocycles. The first kappa shape index (κ1) is 16.7. The lowest BCUT2D eigenvalue weighted by molar-refractivity contribution is -0.133. The summed E-state index contributed by atoms with van der Waals surface area (Å²) in [5.74, 6) is -1.05. The van der Waals surface area contributed by atoms with Gasteiger partial charge in [0.25, 0.3) is 5.56 Å². The summed E-state index contributed by atoms with van der Waals surface area (Å²) in [5, 5.41) is 9.17. The molecule has 0 saturated carbocycles. The fourth-order valence-electron chi connectivity index (χ4n) is 1.69. The van der Waals surface area contributed by atoms with Gasteiger partial charge in [0.15, 0.2) is 5.16 Å². The van der Waals surface area contributed by atoms with Gasteiger partial charge >= 0.3 is 5.97 Å². The van der Waals surface area contributed by atoms with Crippen LogP contribution in [0.3, 0.4) is 0 Å². The van der Waals surface area contributed by atoms with Gasteiger partial charge in [-0.3, -0.25) is 9.59 Å². The third-order valence-electron chi connectivity index (χ3n) is 2.75. The lowest BCUT2D eigenvalue weighted by atomic mass is 9.89. The van der Waals surface area contributed by atoms with E-state index >= 15 is 0 Å². The van der Waals surface area contributed by atoms with Crippen LogP contribution in [0.1, 0.15) is 20.3 Å². The summed E-state index contributed by atoms with van der Waals surface area (Å²) in [5.41, 5.74) is -0.394. The summed E-state index contributed by atoms with van der Waals surface area (Å²) in [7, 11) is 1.66. The molecule has 0 aromatic carbocycles. The first-order chi connectivity index (χ1) is 9.34. The summed E-state index contributed by atoms with van der Waals surface area (Å²) in [6, 6.07) is 1.39. The van der Waals surface area contributed by atoms with Crippen LogP contribution in [0.4, 0.5) is 0 Å². The highest BCUT2D eigenvalue weighted by molar-refractivity contribution is 7.99. The summed E-state index contributed by atoms with van der Waals surface area (Å²) in [4.78, 5) is 25.8. The van der Waals surface area contributed by atoms with Crippen LogP contribution in [0.5, 0.6) is 0 Å². The number of nitrogens with zero attached hydrogens (tertiary/aromatic N) is 2. The van der Waals surface area contributed by atoms with Gasteiger partial charge in [0.1, 0.15) is 0 Å². The van der Waals surface area contributed by atoms with E-state index in [0.717, 1.165) is 18.2 Å². The van der Waals surface area contributed by atoms with E-state index in [2.05, 4.69) is 18.8 Å². The lowest BCUT2D eigenvalue weighted by Crippen LogP contribution is -2.24. The lowest BCUT2D eigenvalue weighted by Gasteiger charge is -2.26. The van der Waals surface area contributed by atoms with Gasteiger partial charge < -0.3 is 14.4 Å². The van der Waals surface area contributed by atoms with Crippen molar-refractivity contribution in [1.29, 1.82) is 0 Å². The van der Waals surface area contributed by atoms with Gasteiger partial charge in [-0.15, -0.1) is 0 Å². The Labute approximate surface area is 122 Å². The molecule has 0 aliphatic heterocycles. The molecular weight excluding hydrogens is 280 g/mol. The van der Waals surface area contributed by atoms with Crippen molar-refractivity contribution in [3.63, 3.8) is 0 Å². The van der Waals surface area contributed by atoms with E-state index in [-0.39, 0.29) is 16.7 Å². The normalized spacial score (nSPS) is 11.6. The summed E-state index contributed by atoms with van der Waals surface area (Å²) in [6.07, 6.45) is 2.52. The molecule has 20 heavy (non-hydrogen) atoms. The van der Waals surface area contributed by atoms with Crippen molar-refractivity contribution >= 4 is 17.7 Å². The average Bonchev–Trinajstić information content (AvgIpc) is 2.36. The zero-order valence-electron chi connectivity index (χ0n) is 12.0. The molecule has 0 aliphatic rings. The van der Waals surface area contributed by atoms with E-state index in [4.69, 9.17) is 9.84 Å². The van der Waals surface area contributed by atoms with Crippen LogP contribution in [-0.4, -0.2) is 40.1 Å². The molecule has 1 N–H and O–H groups in total. The second kappa shape index (κ2) is 7.44. The Balaban J connectivity index is 2.87. The predicted octanol–water partition coefficient (Wildman–Crippen LogP) is 1.48. The number of rotatable bonds is 8. The van der Waals surface area contributed by atoms with Crippen molar-refractivity contribution in [2.24, 2.45) is 5.41 Å². The van der Waals surface area contributed by atoms with E-state index in [1.165, 1.54) is 6.07 Å². The molecule has 0 amide bonds. The molecule has 1 aromatic rings. The molecule has 1 rings (SSSR count). The molecule has 0 saturated heterocycles. The Morgan fingerprint density at radius 3 is 2.85 bits per heavy atom. The minimum Gasteiger partial charge on any atom is -0.481 e. The van der Waals surface area contributed by atoms with Gasteiger partial charge in [0.05, 0.1) is 5.75 Å². The molecular formula is C13H20N2O4S. The summed E-state index contributed by atoms with van der Waals surface area (Å²) < 4.78 is 6.91. The zero-order valence-corrected chi connectivity index (χ0v) is 12.8. The SMILES string of the molecule is COCCC(C)(C)Cn1ccc(=O)nc1SCC(=O)O. The number of carboxylic acids is 1. The number of carboxylic acid groups (broad SMARTS) is 1. The first-order valence-corrected chi connectivity index (χ1v) is 7.24. The standard InChI is InChI=1S/C13H20N2O4S/c1-13(2,5-7-19-3)9-15-6-4-10(16)14-12(15)20-8-11(17)18/h4,6H,5,7-9H2,1-3H3,(H,17,18). The summed E-state index contributed by atoms with van der Waals surface area (Å²) >= 11 is 1.05. The highest BCUT2D eigenvalue weighted by atomic mass is 32.2. The van der Waals surface area contributed by atoms with E-state index in [1.54, 1.807) is 13.3 Å². The molecule has 112 valence electrons. The van der Waals surface area contributed by atoms with Gasteiger partial charge in [-0.1, -0.05) is 25.6 Å². The number of hydrogen-bond donors (Lipinski definition) is 1. The first-order valence-electron chi connectivity index (χ1n) is 6.25. The third kappa shape index (κ3) is 5.75. The second-order valence-corrected chi connectivity index (χ2v) is 6.21. The van der Waals surface area contributed by atoms with Gasteiger partial charge in [0.2, 0.25) is 0 Å². The van der Waals surface area contributed by atoms with Crippen LogP contribution in [0.15, 0.2) is 22.2 Å². The monoisotopic (exact) mass is 300 g/mol. The summed E-state index contributed by atoms with van der Waals surface area (Å²) in [6.45, 7) is 5.48. The maximum absolute atomic E-state index is 11.3. The minimum absolute atomic E-state index is 0.0364. The van der Waals surface area contributed by atoms with Crippen molar-refractivity contribution in [3.8, 4) is 0 Å². The molecule has 1 heterocycles. The van der Waals surface area contributed by atoms with Gasteiger partial charge in [-0.2, -0.15) is 4.98 Å². The quantitative estimate of drug-likeness (QED) is 0.578. The van der Waals surface area contributed by atoms with E-state index in [9.17, 15) is 9.59 Å². The third-order valence-corrected chi connectivity index (χ3v) is 3.73. The van der Waals surface area contributed by atoms with Gasteiger partial charge in [0, 0.05) is 32.5 Å². The maximum atomic E-state index is 11.3. The molecule has 6 nitrogen and oxygen atoms in total. The Hall–Kier alpha value is -1.34. The van der Waals surface area contributed by atoms with E-state index < -0.39 is 5.97 Å². The van der Waals surface area contributed by atoms with Crippen molar-refractivity contribution < 1.29 is 14.6 Å². The van der Waals surface area contributed by atoms with Crippen LogP contribution >= 0.6 is 11.8 Å². The average molecular weight is 300 g/mol. The number of methoxy groups -OCH3 is 1. The van der Waals surface area contributed by atoms with E-state index in [0.29, 0.717) is 18.3 Å². The second-order valence-electron chi connectivity index (χ2n) is 5.27. The molecule has 7 heteroatoms. The number of thioether (sulfide) groups is 1. The Bertz CT molecular complexity index is 513.